The Balaban J connectivity index is 1.44. The molecular weight excluding hydrogens is 364 g/mol. The van der Waals surface area contributed by atoms with Crippen molar-refractivity contribution in [1.29, 1.82) is 0 Å². The third kappa shape index (κ3) is 3.56. The number of likely N-dealkylation sites (tertiary alicyclic amines) is 1. The highest BCUT2D eigenvalue weighted by Crippen LogP contribution is 2.42. The maximum Gasteiger partial charge on any atom is 0.230 e. The molecule has 0 aromatic carbocycles. The molecule has 8 heteroatoms. The summed E-state index contributed by atoms with van der Waals surface area (Å²) in [6.07, 6.45) is 1.73. The Morgan fingerprint density at radius 1 is 1.56 bits per heavy atom. The first-order valence-corrected chi connectivity index (χ1v) is 9.96. The van der Waals surface area contributed by atoms with Gasteiger partial charge in [-0.05, 0) is 13.0 Å². The van der Waals surface area contributed by atoms with Crippen molar-refractivity contribution in [3.05, 3.63) is 40.0 Å². The Morgan fingerprint density at radius 3 is 3.22 bits per heavy atom. The zero-order chi connectivity index (χ0) is 18.9. The second kappa shape index (κ2) is 7.53. The Hall–Kier alpha value is -2.03. The van der Waals surface area contributed by atoms with Crippen molar-refractivity contribution in [2.75, 3.05) is 33.4 Å². The maximum absolute atomic E-state index is 13.1. The molecule has 0 unspecified atom stereocenters. The molecule has 2 aliphatic heterocycles. The van der Waals surface area contributed by atoms with E-state index in [4.69, 9.17) is 9.47 Å². The largest absolute Gasteiger partial charge is 0.481 e. The molecule has 0 spiro atoms. The molecule has 2 aromatic heterocycles. The van der Waals surface area contributed by atoms with E-state index in [0.29, 0.717) is 38.7 Å². The van der Waals surface area contributed by atoms with Crippen molar-refractivity contribution in [3.8, 4) is 5.88 Å². The van der Waals surface area contributed by atoms with Crippen LogP contribution in [0, 0.1) is 18.3 Å². The van der Waals surface area contributed by atoms with Crippen LogP contribution < -0.4 is 10.1 Å². The number of methoxy groups -OCH3 is 1. The molecule has 144 valence electrons. The minimum Gasteiger partial charge on any atom is -0.481 e. The summed E-state index contributed by atoms with van der Waals surface area (Å²) in [5, 5.41) is 6.09. The van der Waals surface area contributed by atoms with Gasteiger partial charge in [0.15, 0.2) is 0 Å². The third-order valence-corrected chi connectivity index (χ3v) is 6.25. The average molecular weight is 388 g/mol. The van der Waals surface area contributed by atoms with Crippen molar-refractivity contribution < 1.29 is 14.3 Å². The second-order valence-electron chi connectivity index (χ2n) is 7.25. The highest BCUT2D eigenvalue weighted by molar-refractivity contribution is 7.09. The van der Waals surface area contributed by atoms with Gasteiger partial charge in [-0.25, -0.2) is 9.97 Å². The zero-order valence-electron chi connectivity index (χ0n) is 15.6. The summed E-state index contributed by atoms with van der Waals surface area (Å²) >= 11 is 1.60. The van der Waals surface area contributed by atoms with Crippen LogP contribution in [0.5, 0.6) is 5.88 Å². The second-order valence-corrected chi connectivity index (χ2v) is 8.31. The number of hydrogen-bond acceptors (Lipinski definition) is 7. The molecule has 2 fully saturated rings. The summed E-state index contributed by atoms with van der Waals surface area (Å²) in [7, 11) is 1.63. The van der Waals surface area contributed by atoms with E-state index < -0.39 is 5.41 Å². The smallest absolute Gasteiger partial charge is 0.230 e. The summed E-state index contributed by atoms with van der Waals surface area (Å²) in [5.41, 5.74) is 1.46. The predicted octanol–water partition coefficient (Wildman–Crippen LogP) is 1.62. The molecule has 4 heterocycles. The van der Waals surface area contributed by atoms with Crippen LogP contribution in [0.4, 0.5) is 0 Å². The van der Waals surface area contributed by atoms with Crippen molar-refractivity contribution in [1.82, 2.24) is 20.2 Å². The fourth-order valence-electron chi connectivity index (χ4n) is 4.09. The molecule has 2 aromatic rings. The monoisotopic (exact) mass is 388 g/mol. The number of carbonyl (C=O) groups is 1. The first-order valence-electron chi connectivity index (χ1n) is 9.08. The molecule has 1 N–H and O–H groups in total. The summed E-state index contributed by atoms with van der Waals surface area (Å²) in [6, 6.07) is 3.93. The number of nitrogens with zero attached hydrogens (tertiary/aromatic N) is 3. The number of nitrogens with one attached hydrogen (secondary N) is 1. The molecule has 7 nitrogen and oxygen atoms in total. The zero-order valence-corrected chi connectivity index (χ0v) is 16.4. The van der Waals surface area contributed by atoms with Crippen LogP contribution in [0.1, 0.15) is 16.3 Å². The van der Waals surface area contributed by atoms with Gasteiger partial charge in [0.05, 0.1) is 43.0 Å². The average Bonchev–Trinajstić information content (AvgIpc) is 3.34. The summed E-state index contributed by atoms with van der Waals surface area (Å²) in [4.78, 5) is 24.1. The fraction of sp³-hybridized carbons (Fsp3) is 0.526. The van der Waals surface area contributed by atoms with E-state index in [1.54, 1.807) is 24.6 Å². The lowest BCUT2D eigenvalue weighted by atomic mass is 9.80. The molecule has 0 saturated carbocycles. The number of ether oxygens (including phenoxy) is 2. The van der Waals surface area contributed by atoms with E-state index in [0.717, 1.165) is 22.8 Å². The van der Waals surface area contributed by atoms with E-state index in [9.17, 15) is 4.79 Å². The van der Waals surface area contributed by atoms with E-state index >= 15 is 0 Å². The van der Waals surface area contributed by atoms with E-state index in [1.165, 1.54) is 0 Å². The van der Waals surface area contributed by atoms with E-state index in [2.05, 4.69) is 20.2 Å². The highest BCUT2D eigenvalue weighted by atomic mass is 32.1. The van der Waals surface area contributed by atoms with Gasteiger partial charge in [0, 0.05) is 42.7 Å². The van der Waals surface area contributed by atoms with Gasteiger partial charge in [-0.3, -0.25) is 9.69 Å². The molecule has 0 radical (unpaired) electrons. The topological polar surface area (TPSA) is 76.6 Å². The van der Waals surface area contributed by atoms with Crippen molar-refractivity contribution >= 4 is 17.2 Å². The first-order chi connectivity index (χ1) is 13.1. The minimum atomic E-state index is -0.486. The molecule has 1 amide bonds. The molecule has 2 atom stereocenters. The van der Waals surface area contributed by atoms with Crippen molar-refractivity contribution in [2.45, 2.75) is 20.0 Å². The number of aromatic nitrogens is 2. The number of hydrogen-bond donors (Lipinski definition) is 1. The number of fused-ring (bicyclic) bond motifs is 1. The number of rotatable bonds is 6. The minimum absolute atomic E-state index is 0.0660. The van der Waals surface area contributed by atoms with Gasteiger partial charge < -0.3 is 14.8 Å². The van der Waals surface area contributed by atoms with E-state index in [-0.39, 0.29) is 11.8 Å². The number of thiazole rings is 1. The number of aryl methyl sites for hydroxylation is 1. The van der Waals surface area contributed by atoms with Gasteiger partial charge in [-0.2, -0.15) is 0 Å². The van der Waals surface area contributed by atoms with Crippen LogP contribution >= 0.6 is 11.3 Å². The van der Waals surface area contributed by atoms with Gasteiger partial charge in [-0.1, -0.05) is 6.07 Å². The van der Waals surface area contributed by atoms with Crippen LogP contribution in [-0.4, -0.2) is 54.2 Å². The van der Waals surface area contributed by atoms with Gasteiger partial charge in [0.1, 0.15) is 0 Å². The van der Waals surface area contributed by atoms with Crippen LogP contribution in [0.15, 0.2) is 23.7 Å². The highest BCUT2D eigenvalue weighted by Gasteiger charge is 2.55. The molecule has 2 saturated heterocycles. The summed E-state index contributed by atoms with van der Waals surface area (Å²) in [5.74, 6) is 0.914. The molecule has 0 aliphatic carbocycles. The SMILES string of the molecule is COc1ncccc1CN1C[C@@H]2COC[C@]2(C(=O)NCc2csc(C)n2)C1. The Labute approximate surface area is 162 Å². The van der Waals surface area contributed by atoms with Gasteiger partial charge in [0.2, 0.25) is 11.8 Å². The van der Waals surface area contributed by atoms with Crippen molar-refractivity contribution in [3.63, 3.8) is 0 Å². The van der Waals surface area contributed by atoms with Gasteiger partial charge >= 0.3 is 0 Å². The maximum atomic E-state index is 13.1. The summed E-state index contributed by atoms with van der Waals surface area (Å²) in [6.45, 7) is 5.77. The molecule has 0 bridgehead atoms. The van der Waals surface area contributed by atoms with Crippen LogP contribution in [0.2, 0.25) is 0 Å². The molecule has 4 rings (SSSR count). The molecule has 27 heavy (non-hydrogen) atoms. The summed E-state index contributed by atoms with van der Waals surface area (Å²) < 4.78 is 11.1. The van der Waals surface area contributed by atoms with Gasteiger partial charge in [0.25, 0.3) is 0 Å². The van der Waals surface area contributed by atoms with Crippen LogP contribution in [0.3, 0.4) is 0 Å². The van der Waals surface area contributed by atoms with E-state index in [1.807, 2.05) is 24.4 Å². The van der Waals surface area contributed by atoms with Gasteiger partial charge in [-0.15, -0.1) is 11.3 Å². The molecular formula is C19H24N4O3S. The lowest BCUT2D eigenvalue weighted by molar-refractivity contribution is -0.131. The van der Waals surface area contributed by atoms with Crippen LogP contribution in [0.25, 0.3) is 0 Å². The normalized spacial score (nSPS) is 24.7. The fourth-order valence-corrected chi connectivity index (χ4v) is 4.70. The van der Waals surface area contributed by atoms with Crippen LogP contribution in [-0.2, 0) is 22.6 Å². The Kier molecular flexibility index (Phi) is 5.12. The number of pyridine rings is 1. The Morgan fingerprint density at radius 2 is 2.44 bits per heavy atom. The lowest BCUT2D eigenvalue weighted by Crippen LogP contribution is -2.46. The molecule has 2 aliphatic rings. The number of carbonyl (C=O) groups excluding carboxylic acids is 1. The first kappa shape index (κ1) is 18.3. The third-order valence-electron chi connectivity index (χ3n) is 5.43. The standard InChI is InChI=1S/C19H24N4O3S/c1-13-22-16(10-27-13)6-21-18(24)19-11-23(8-15(19)9-26-12-19)7-14-4-3-5-20-17(14)25-2/h3-5,10,15H,6-9,11-12H2,1-2H3,(H,21,24)/t15-,19-/m1/s1. The van der Waals surface area contributed by atoms with Crippen molar-refractivity contribution in [2.24, 2.45) is 11.3 Å². The predicted molar refractivity (Wildman–Crippen MR) is 102 cm³/mol. The Bertz CT molecular complexity index is 827. The lowest BCUT2D eigenvalue weighted by Gasteiger charge is -2.26. The quantitative estimate of drug-likeness (QED) is 0.810. The number of amides is 1.